The monoisotopic (exact) mass is 548 g/mol. The van der Waals surface area contributed by atoms with Crippen LogP contribution in [0.3, 0.4) is 0 Å². The van der Waals surface area contributed by atoms with Gasteiger partial charge in [0, 0.05) is 38.3 Å². The highest BCUT2D eigenvalue weighted by atomic mass is 127. The molecule has 2 aliphatic rings. The quantitative estimate of drug-likeness (QED) is 0.356. The number of guanidine groups is 1. The van der Waals surface area contributed by atoms with Gasteiger partial charge in [-0.15, -0.1) is 24.0 Å². The Morgan fingerprint density at radius 3 is 2.47 bits per heavy atom. The number of benzene rings is 1. The first-order chi connectivity index (χ1) is 13.7. The molecule has 2 heterocycles. The Hall–Kier alpha value is -1.36. The van der Waals surface area contributed by atoms with E-state index in [1.807, 2.05) is 41.0 Å². The van der Waals surface area contributed by atoms with Crippen molar-refractivity contribution in [2.45, 2.75) is 51.3 Å². The minimum absolute atomic E-state index is 0. The maximum absolute atomic E-state index is 12.3. The average molecular weight is 548 g/mol. The van der Waals surface area contributed by atoms with Crippen LogP contribution in [0.15, 0.2) is 29.3 Å². The van der Waals surface area contributed by atoms with E-state index in [4.69, 9.17) is 4.99 Å². The molecule has 7 nitrogen and oxygen atoms in total. The van der Waals surface area contributed by atoms with Crippen LogP contribution < -0.4 is 10.2 Å². The maximum Gasteiger partial charge on any atom is 0.226 e. The molecule has 1 aromatic rings. The van der Waals surface area contributed by atoms with E-state index in [0.29, 0.717) is 26.1 Å². The summed E-state index contributed by atoms with van der Waals surface area (Å²) in [6, 6.07) is 7.99. The summed E-state index contributed by atoms with van der Waals surface area (Å²) in [6.07, 6.45) is 2.65. The maximum atomic E-state index is 12.3. The number of aliphatic imine (C=N–C) groups is 1. The minimum Gasteiger partial charge on any atom is -0.357 e. The number of anilines is 1. The van der Waals surface area contributed by atoms with Gasteiger partial charge in [-0.25, -0.2) is 13.4 Å². The number of amides is 1. The molecule has 1 amide bonds. The number of carbonyl (C=O) groups excluding carboxylic acids is 1. The normalized spacial score (nSPS) is 21.2. The van der Waals surface area contributed by atoms with Crippen LogP contribution in [-0.4, -0.2) is 61.9 Å². The van der Waals surface area contributed by atoms with Crippen LogP contribution in [-0.2, 0) is 21.2 Å². The number of hydrogen-bond donors (Lipinski definition) is 1. The Bertz CT molecular complexity index is 869. The van der Waals surface area contributed by atoms with Gasteiger partial charge in [0.1, 0.15) is 0 Å². The fraction of sp³-hybridized carbons (Fsp3) is 0.619. The Morgan fingerprint density at radius 1 is 1.17 bits per heavy atom. The third-order valence-corrected chi connectivity index (χ3v) is 8.19. The fourth-order valence-corrected chi connectivity index (χ4v) is 5.14. The third-order valence-electron chi connectivity index (χ3n) is 5.66. The zero-order valence-corrected chi connectivity index (χ0v) is 21.2. The molecule has 0 unspecified atom stereocenters. The molecule has 2 fully saturated rings. The molecule has 0 spiro atoms. The Kier molecular flexibility index (Phi) is 8.55. The molecule has 0 bridgehead atoms. The topological polar surface area (TPSA) is 82.1 Å². The number of carbonyl (C=O) groups is 1. The molecule has 0 aliphatic carbocycles. The van der Waals surface area contributed by atoms with Gasteiger partial charge in [-0.05, 0) is 51.3 Å². The van der Waals surface area contributed by atoms with Gasteiger partial charge in [-0.2, -0.15) is 0 Å². The number of halogens is 1. The van der Waals surface area contributed by atoms with Crippen molar-refractivity contribution in [3.8, 4) is 0 Å². The first-order valence-corrected chi connectivity index (χ1v) is 12.0. The van der Waals surface area contributed by atoms with Gasteiger partial charge in [0.25, 0.3) is 0 Å². The third kappa shape index (κ3) is 5.66. The van der Waals surface area contributed by atoms with Gasteiger partial charge in [0.2, 0.25) is 5.91 Å². The lowest BCUT2D eigenvalue weighted by Crippen LogP contribution is -2.57. The lowest BCUT2D eigenvalue weighted by Gasteiger charge is -2.39. The zero-order chi connectivity index (χ0) is 21.1. The van der Waals surface area contributed by atoms with E-state index < -0.39 is 14.6 Å². The van der Waals surface area contributed by atoms with E-state index in [-0.39, 0.29) is 35.6 Å². The number of rotatable bonds is 4. The highest BCUT2D eigenvalue weighted by molar-refractivity contribution is 14.0. The van der Waals surface area contributed by atoms with Crippen LogP contribution in [0.25, 0.3) is 0 Å². The largest absolute Gasteiger partial charge is 0.357 e. The highest BCUT2D eigenvalue weighted by Crippen LogP contribution is 2.24. The summed E-state index contributed by atoms with van der Waals surface area (Å²) >= 11 is 0. The molecular weight excluding hydrogens is 515 g/mol. The standard InChI is InChI=1S/C21H32N4O3S.HI/c1-4-22-20(24-13-14-29(27,28)21(2,3)16-24)23-15-17-8-10-18(11-9-17)25-12-6-5-7-19(25)26;/h8-11H,4-7,12-16H2,1-3H3,(H,22,23);1H. The molecule has 168 valence electrons. The molecule has 1 aromatic carbocycles. The summed E-state index contributed by atoms with van der Waals surface area (Å²) < 4.78 is 23.8. The number of hydrogen-bond acceptors (Lipinski definition) is 4. The van der Waals surface area contributed by atoms with Crippen molar-refractivity contribution in [2.75, 3.05) is 36.8 Å². The van der Waals surface area contributed by atoms with Crippen LogP contribution in [0.1, 0.15) is 45.6 Å². The van der Waals surface area contributed by atoms with E-state index in [1.54, 1.807) is 13.8 Å². The van der Waals surface area contributed by atoms with Crippen molar-refractivity contribution in [1.82, 2.24) is 10.2 Å². The Labute approximate surface area is 197 Å². The summed E-state index contributed by atoms with van der Waals surface area (Å²) in [5.41, 5.74) is 2.00. The van der Waals surface area contributed by atoms with E-state index in [2.05, 4.69) is 5.32 Å². The lowest BCUT2D eigenvalue weighted by atomic mass is 10.1. The SMILES string of the molecule is CCNC(=NCc1ccc(N2CCCCC2=O)cc1)N1CCS(=O)(=O)C(C)(C)C1.I. The number of piperidine rings is 1. The molecule has 9 heteroatoms. The summed E-state index contributed by atoms with van der Waals surface area (Å²) in [5, 5.41) is 3.28. The van der Waals surface area contributed by atoms with Gasteiger partial charge in [0.05, 0.1) is 17.0 Å². The van der Waals surface area contributed by atoms with Gasteiger partial charge < -0.3 is 15.1 Å². The van der Waals surface area contributed by atoms with Crippen molar-refractivity contribution >= 4 is 51.4 Å². The van der Waals surface area contributed by atoms with Gasteiger partial charge in [0.15, 0.2) is 15.8 Å². The summed E-state index contributed by atoms with van der Waals surface area (Å²) in [6.45, 7) is 8.45. The van der Waals surface area contributed by atoms with Crippen LogP contribution in [0.2, 0.25) is 0 Å². The molecular formula is C21H33IN4O3S. The summed E-state index contributed by atoms with van der Waals surface area (Å²) in [7, 11) is -3.09. The van der Waals surface area contributed by atoms with E-state index >= 15 is 0 Å². The second kappa shape index (κ2) is 10.3. The molecule has 30 heavy (non-hydrogen) atoms. The first-order valence-electron chi connectivity index (χ1n) is 10.4. The zero-order valence-electron chi connectivity index (χ0n) is 18.1. The average Bonchev–Trinajstić information content (AvgIpc) is 2.68. The van der Waals surface area contributed by atoms with E-state index in [1.165, 1.54) is 0 Å². The Morgan fingerprint density at radius 2 is 1.87 bits per heavy atom. The van der Waals surface area contributed by atoms with Gasteiger partial charge in [-0.3, -0.25) is 4.79 Å². The number of nitrogens with zero attached hydrogens (tertiary/aromatic N) is 3. The van der Waals surface area contributed by atoms with Gasteiger partial charge in [-0.1, -0.05) is 12.1 Å². The molecule has 0 atom stereocenters. The second-order valence-electron chi connectivity index (χ2n) is 8.34. The summed E-state index contributed by atoms with van der Waals surface area (Å²) in [5.74, 6) is 1.08. The highest BCUT2D eigenvalue weighted by Gasteiger charge is 2.40. The van der Waals surface area contributed by atoms with Crippen molar-refractivity contribution < 1.29 is 13.2 Å². The number of nitrogens with one attached hydrogen (secondary N) is 1. The molecule has 3 rings (SSSR count). The van der Waals surface area contributed by atoms with Crippen molar-refractivity contribution in [2.24, 2.45) is 4.99 Å². The Balaban J connectivity index is 0.00000320. The fourth-order valence-electron chi connectivity index (χ4n) is 3.78. The van der Waals surface area contributed by atoms with Crippen molar-refractivity contribution in [3.05, 3.63) is 29.8 Å². The smallest absolute Gasteiger partial charge is 0.226 e. The lowest BCUT2D eigenvalue weighted by molar-refractivity contribution is -0.119. The summed E-state index contributed by atoms with van der Waals surface area (Å²) in [4.78, 5) is 20.7. The van der Waals surface area contributed by atoms with Crippen LogP contribution >= 0.6 is 24.0 Å². The molecule has 0 aromatic heterocycles. The molecule has 0 saturated carbocycles. The number of sulfone groups is 1. The predicted molar refractivity (Wildman–Crippen MR) is 132 cm³/mol. The first kappa shape index (κ1) is 24.9. The van der Waals surface area contributed by atoms with Crippen LogP contribution in [0.4, 0.5) is 5.69 Å². The van der Waals surface area contributed by atoms with Crippen molar-refractivity contribution in [1.29, 1.82) is 0 Å². The predicted octanol–water partition coefficient (Wildman–Crippen LogP) is 2.80. The van der Waals surface area contributed by atoms with Crippen LogP contribution in [0.5, 0.6) is 0 Å². The van der Waals surface area contributed by atoms with Gasteiger partial charge >= 0.3 is 0 Å². The van der Waals surface area contributed by atoms with Crippen molar-refractivity contribution in [3.63, 3.8) is 0 Å². The van der Waals surface area contributed by atoms with Crippen LogP contribution in [0, 0.1) is 0 Å². The second-order valence-corrected chi connectivity index (χ2v) is 11.1. The molecule has 1 N–H and O–H groups in total. The van der Waals surface area contributed by atoms with E-state index in [0.717, 1.165) is 43.1 Å². The molecule has 2 aliphatic heterocycles. The molecule has 0 radical (unpaired) electrons. The molecule has 2 saturated heterocycles. The minimum atomic E-state index is -3.09. The van der Waals surface area contributed by atoms with E-state index in [9.17, 15) is 13.2 Å².